The van der Waals surface area contributed by atoms with E-state index in [0.717, 1.165) is 38.4 Å². The molecule has 0 aromatic heterocycles. The van der Waals surface area contributed by atoms with Crippen LogP contribution in [0.25, 0.3) is 0 Å². The molecule has 2 aromatic rings. The van der Waals surface area contributed by atoms with E-state index >= 15 is 0 Å². The first-order valence-corrected chi connectivity index (χ1v) is 11.9. The van der Waals surface area contributed by atoms with Crippen molar-refractivity contribution in [1.82, 2.24) is 14.7 Å². The molecule has 3 aliphatic rings. The van der Waals surface area contributed by atoms with Gasteiger partial charge in [-0.3, -0.25) is 14.6 Å². The van der Waals surface area contributed by atoms with E-state index in [1.54, 1.807) is 15.9 Å². The topological polar surface area (TPSA) is 71.5 Å². The number of rotatable bonds is 7. The van der Waals surface area contributed by atoms with Crippen molar-refractivity contribution in [3.05, 3.63) is 65.7 Å². The Kier molecular flexibility index (Phi) is 6.69. The summed E-state index contributed by atoms with van der Waals surface area (Å²) in [6, 6.07) is 17.3. The van der Waals surface area contributed by atoms with Crippen LogP contribution in [0.3, 0.4) is 0 Å². The van der Waals surface area contributed by atoms with Gasteiger partial charge >= 0.3 is 6.09 Å². The Morgan fingerprint density at radius 1 is 0.971 bits per heavy atom. The van der Waals surface area contributed by atoms with Crippen LogP contribution in [0.15, 0.2) is 54.6 Å². The van der Waals surface area contributed by atoms with Gasteiger partial charge in [0.05, 0.1) is 31.9 Å². The molecule has 3 fully saturated rings. The van der Waals surface area contributed by atoms with Gasteiger partial charge in [-0.25, -0.2) is 4.79 Å². The van der Waals surface area contributed by atoms with Crippen molar-refractivity contribution in [2.75, 3.05) is 59.1 Å². The van der Waals surface area contributed by atoms with E-state index in [1.807, 2.05) is 48.5 Å². The number of hydrogen-bond acceptors (Lipinski definition) is 6. The lowest BCUT2D eigenvalue weighted by Gasteiger charge is -2.26. The summed E-state index contributed by atoms with van der Waals surface area (Å²) < 4.78 is 17.2. The molecule has 2 amide bonds. The van der Waals surface area contributed by atoms with Crippen LogP contribution in [0.2, 0.25) is 0 Å². The lowest BCUT2D eigenvalue weighted by atomic mass is 10.0. The first-order valence-electron chi connectivity index (χ1n) is 11.9. The first-order chi connectivity index (χ1) is 16.6. The minimum Gasteiger partial charge on any atom is -0.491 e. The van der Waals surface area contributed by atoms with Gasteiger partial charge in [-0.2, -0.15) is 0 Å². The van der Waals surface area contributed by atoms with E-state index in [1.165, 1.54) is 0 Å². The maximum atomic E-state index is 13.4. The minimum atomic E-state index is -0.645. The minimum absolute atomic E-state index is 0.0867. The predicted molar refractivity (Wildman–Crippen MR) is 126 cm³/mol. The number of carbonyl (C=O) groups is 2. The smallest absolute Gasteiger partial charge is 0.410 e. The molecule has 3 aliphatic heterocycles. The zero-order valence-electron chi connectivity index (χ0n) is 19.4. The van der Waals surface area contributed by atoms with E-state index < -0.39 is 5.60 Å². The highest BCUT2D eigenvalue weighted by molar-refractivity contribution is 5.97. The van der Waals surface area contributed by atoms with E-state index in [2.05, 4.69) is 4.90 Å². The van der Waals surface area contributed by atoms with Crippen molar-refractivity contribution in [2.24, 2.45) is 0 Å². The molecule has 0 radical (unpaired) electrons. The highest BCUT2D eigenvalue weighted by Crippen LogP contribution is 2.34. The Morgan fingerprint density at radius 2 is 1.74 bits per heavy atom. The molecule has 0 aliphatic carbocycles. The van der Waals surface area contributed by atoms with Crippen LogP contribution >= 0.6 is 0 Å². The second kappa shape index (κ2) is 10.0. The second-order valence-corrected chi connectivity index (χ2v) is 9.17. The Balaban J connectivity index is 1.19. The quantitative estimate of drug-likeness (QED) is 0.626. The summed E-state index contributed by atoms with van der Waals surface area (Å²) in [5.41, 5.74) is 0.964. The second-order valence-electron chi connectivity index (χ2n) is 9.17. The maximum Gasteiger partial charge on any atom is 0.410 e. The summed E-state index contributed by atoms with van der Waals surface area (Å²) in [5, 5.41) is 0. The van der Waals surface area contributed by atoms with Crippen molar-refractivity contribution in [2.45, 2.75) is 18.6 Å². The summed E-state index contributed by atoms with van der Waals surface area (Å²) in [6.45, 7) is 6.56. The molecule has 0 saturated carbocycles. The van der Waals surface area contributed by atoms with Gasteiger partial charge in [0.15, 0.2) is 5.60 Å². The lowest BCUT2D eigenvalue weighted by Crippen LogP contribution is -2.39. The van der Waals surface area contributed by atoms with Crippen LogP contribution in [0.5, 0.6) is 5.75 Å². The summed E-state index contributed by atoms with van der Waals surface area (Å²) in [5.74, 6) is 0.507. The van der Waals surface area contributed by atoms with Crippen molar-refractivity contribution >= 4 is 12.0 Å². The number of benzene rings is 2. The van der Waals surface area contributed by atoms with Gasteiger partial charge in [0, 0.05) is 39.1 Å². The van der Waals surface area contributed by atoms with Crippen LogP contribution in [-0.4, -0.2) is 91.4 Å². The van der Waals surface area contributed by atoms with Crippen molar-refractivity contribution in [1.29, 1.82) is 0 Å². The fraction of sp³-hybridized carbons (Fsp3) is 0.462. The van der Waals surface area contributed by atoms with Crippen LogP contribution < -0.4 is 4.74 Å². The van der Waals surface area contributed by atoms with Gasteiger partial charge in [0.1, 0.15) is 12.4 Å². The van der Waals surface area contributed by atoms with E-state index in [0.29, 0.717) is 50.5 Å². The number of ether oxygens (including phenoxy) is 3. The third kappa shape index (κ3) is 5.03. The molecule has 0 bridgehead atoms. The number of nitrogens with zero attached hydrogens (tertiary/aromatic N) is 3. The number of hydrogen-bond donors (Lipinski definition) is 0. The number of likely N-dealkylation sites (tertiary alicyclic amines) is 1. The predicted octanol–water partition coefficient (Wildman–Crippen LogP) is 2.63. The molecule has 3 saturated heterocycles. The molecule has 34 heavy (non-hydrogen) atoms. The van der Waals surface area contributed by atoms with E-state index in [9.17, 15) is 9.59 Å². The highest BCUT2D eigenvalue weighted by Gasteiger charge is 2.50. The van der Waals surface area contributed by atoms with Gasteiger partial charge in [-0.15, -0.1) is 0 Å². The monoisotopic (exact) mass is 465 g/mol. The van der Waals surface area contributed by atoms with Gasteiger partial charge in [-0.05, 0) is 17.7 Å². The Hall–Kier alpha value is -3.10. The number of amides is 2. The molecule has 0 unspecified atom stereocenters. The Labute approximate surface area is 200 Å². The number of morpholine rings is 1. The number of para-hydroxylation sites is 1. The van der Waals surface area contributed by atoms with E-state index in [-0.39, 0.29) is 12.0 Å². The molecular weight excluding hydrogens is 434 g/mol. The molecule has 0 N–H and O–H groups in total. The Morgan fingerprint density at radius 3 is 2.56 bits per heavy atom. The fourth-order valence-corrected chi connectivity index (χ4v) is 4.90. The molecule has 180 valence electrons. The van der Waals surface area contributed by atoms with Crippen molar-refractivity contribution in [3.8, 4) is 5.75 Å². The van der Waals surface area contributed by atoms with Crippen LogP contribution in [0, 0.1) is 0 Å². The highest BCUT2D eigenvalue weighted by atomic mass is 16.6. The molecular formula is C26H31N3O5. The fourth-order valence-electron chi connectivity index (χ4n) is 4.90. The normalized spacial score (nSPS) is 22.9. The summed E-state index contributed by atoms with van der Waals surface area (Å²) >= 11 is 0. The average molecular weight is 466 g/mol. The molecule has 1 atom stereocenters. The van der Waals surface area contributed by atoms with Crippen molar-refractivity contribution in [3.63, 3.8) is 0 Å². The number of carbonyl (C=O) groups excluding carboxylic acids is 2. The third-order valence-corrected chi connectivity index (χ3v) is 6.75. The third-order valence-electron chi connectivity index (χ3n) is 6.75. The van der Waals surface area contributed by atoms with Gasteiger partial charge in [0.25, 0.3) is 5.91 Å². The van der Waals surface area contributed by atoms with Gasteiger partial charge in [-0.1, -0.05) is 42.5 Å². The van der Waals surface area contributed by atoms with Gasteiger partial charge in [0.2, 0.25) is 0 Å². The molecule has 2 aromatic carbocycles. The molecule has 8 nitrogen and oxygen atoms in total. The molecule has 1 spiro atoms. The summed E-state index contributed by atoms with van der Waals surface area (Å²) in [4.78, 5) is 31.8. The van der Waals surface area contributed by atoms with Crippen molar-refractivity contribution < 1.29 is 23.8 Å². The van der Waals surface area contributed by atoms with Crippen LogP contribution in [-0.2, 0) is 16.0 Å². The molecule has 5 rings (SSSR count). The first kappa shape index (κ1) is 22.7. The van der Waals surface area contributed by atoms with Gasteiger partial charge < -0.3 is 19.1 Å². The molecule has 8 heteroatoms. The SMILES string of the molecule is O=C1O[C@]2(CCN(C(=O)c3ccccc3OCCN3CCOCC3)C2)CN1Cc1ccccc1. The zero-order valence-corrected chi connectivity index (χ0v) is 19.4. The zero-order chi connectivity index (χ0) is 23.4. The largest absolute Gasteiger partial charge is 0.491 e. The van der Waals surface area contributed by atoms with Crippen LogP contribution in [0.4, 0.5) is 4.79 Å². The molecule has 3 heterocycles. The summed E-state index contributed by atoms with van der Waals surface area (Å²) in [6.07, 6.45) is 0.320. The van der Waals surface area contributed by atoms with E-state index in [4.69, 9.17) is 14.2 Å². The lowest BCUT2D eigenvalue weighted by molar-refractivity contribution is 0.0321. The summed E-state index contributed by atoms with van der Waals surface area (Å²) in [7, 11) is 0. The van der Waals surface area contributed by atoms with Crippen LogP contribution in [0.1, 0.15) is 22.3 Å². The maximum absolute atomic E-state index is 13.4. The Bertz CT molecular complexity index is 1010. The average Bonchev–Trinajstić information content (AvgIpc) is 3.42. The standard InChI is InChI=1S/C26H31N3O5/c30-24(22-8-4-5-9-23(22)33-17-14-27-12-15-32-16-13-27)28-11-10-26(19-28)20-29(25(31)34-26)18-21-6-2-1-3-7-21/h1-9H,10-20H2/t26-/m0/s1.